The summed E-state index contributed by atoms with van der Waals surface area (Å²) in [5.41, 5.74) is 3.45. The Bertz CT molecular complexity index is 1090. The summed E-state index contributed by atoms with van der Waals surface area (Å²) < 4.78 is 38.7. The van der Waals surface area contributed by atoms with E-state index in [1.165, 1.54) is 9.87 Å². The van der Waals surface area contributed by atoms with Crippen molar-refractivity contribution < 1.29 is 22.7 Å². The van der Waals surface area contributed by atoms with Crippen LogP contribution in [0, 0.1) is 6.92 Å². The molecule has 1 aliphatic heterocycles. The highest BCUT2D eigenvalue weighted by Gasteiger charge is 2.31. The number of ether oxygens (including phenoxy) is 2. The maximum Gasteiger partial charge on any atom is 0.260 e. The van der Waals surface area contributed by atoms with Gasteiger partial charge in [0, 0.05) is 26.2 Å². The fourth-order valence-corrected chi connectivity index (χ4v) is 5.80. The third kappa shape index (κ3) is 4.76. The van der Waals surface area contributed by atoms with Gasteiger partial charge in [-0.2, -0.15) is 4.31 Å². The normalized spacial score (nSPS) is 17.0. The predicted octanol–water partition coefficient (Wildman–Crippen LogP) is 2.79. The van der Waals surface area contributed by atoms with Crippen molar-refractivity contribution in [2.24, 2.45) is 0 Å². The third-order valence-corrected chi connectivity index (χ3v) is 8.11. The fraction of sp³-hybridized carbons (Fsp3) is 0.458. The van der Waals surface area contributed by atoms with Crippen molar-refractivity contribution >= 4 is 15.9 Å². The molecule has 1 aliphatic carbocycles. The van der Waals surface area contributed by atoms with Crippen LogP contribution < -0.4 is 9.47 Å². The smallest absolute Gasteiger partial charge is 0.260 e. The summed E-state index contributed by atoms with van der Waals surface area (Å²) in [6.45, 7) is 3.08. The highest BCUT2D eigenvalue weighted by atomic mass is 32.2. The fourth-order valence-electron chi connectivity index (χ4n) is 4.32. The molecule has 8 heteroatoms. The number of piperazine rings is 1. The number of hydrogen-bond acceptors (Lipinski definition) is 5. The first-order valence-electron chi connectivity index (χ1n) is 11.1. The van der Waals surface area contributed by atoms with Gasteiger partial charge in [-0.05, 0) is 73.6 Å². The first-order chi connectivity index (χ1) is 15.4. The first-order valence-corrected chi connectivity index (χ1v) is 12.5. The second-order valence-electron chi connectivity index (χ2n) is 8.37. The molecular formula is C24H30N2O5S. The molecule has 0 unspecified atom stereocenters. The summed E-state index contributed by atoms with van der Waals surface area (Å²) in [5.74, 6) is 0.928. The Morgan fingerprint density at radius 3 is 2.38 bits per heavy atom. The van der Waals surface area contributed by atoms with Crippen molar-refractivity contribution in [3.63, 3.8) is 0 Å². The average molecular weight is 459 g/mol. The highest BCUT2D eigenvalue weighted by Crippen LogP contribution is 2.28. The van der Waals surface area contributed by atoms with E-state index in [0.29, 0.717) is 29.5 Å². The largest absolute Gasteiger partial charge is 0.493 e. The molecule has 0 bridgehead atoms. The maximum atomic E-state index is 13.1. The lowest BCUT2D eigenvalue weighted by atomic mass is 9.92. The lowest BCUT2D eigenvalue weighted by Crippen LogP contribution is -2.51. The number of amides is 1. The molecular weight excluding hydrogens is 428 g/mol. The summed E-state index contributed by atoms with van der Waals surface area (Å²) in [6.07, 6.45) is 4.23. The van der Waals surface area contributed by atoms with Crippen LogP contribution in [0.3, 0.4) is 0 Å². The highest BCUT2D eigenvalue weighted by molar-refractivity contribution is 7.89. The van der Waals surface area contributed by atoms with Gasteiger partial charge < -0.3 is 14.4 Å². The Morgan fingerprint density at radius 1 is 0.938 bits per heavy atom. The van der Waals surface area contributed by atoms with E-state index < -0.39 is 10.0 Å². The molecule has 1 fully saturated rings. The van der Waals surface area contributed by atoms with Gasteiger partial charge in [-0.3, -0.25) is 4.79 Å². The van der Waals surface area contributed by atoms with Gasteiger partial charge in [-0.1, -0.05) is 12.1 Å². The van der Waals surface area contributed by atoms with Gasteiger partial charge in [0.05, 0.1) is 12.0 Å². The van der Waals surface area contributed by atoms with Crippen LogP contribution in [0.15, 0.2) is 41.3 Å². The number of benzene rings is 2. The summed E-state index contributed by atoms with van der Waals surface area (Å²) in [6, 6.07) is 11.0. The van der Waals surface area contributed by atoms with Gasteiger partial charge in [0.2, 0.25) is 10.0 Å². The van der Waals surface area contributed by atoms with Crippen LogP contribution in [0.4, 0.5) is 0 Å². The lowest BCUT2D eigenvalue weighted by Gasteiger charge is -2.34. The lowest BCUT2D eigenvalue weighted by molar-refractivity contribution is -0.134. The Hall–Kier alpha value is -2.58. The van der Waals surface area contributed by atoms with Gasteiger partial charge >= 0.3 is 0 Å². The zero-order valence-electron chi connectivity index (χ0n) is 18.7. The molecule has 1 amide bonds. The van der Waals surface area contributed by atoms with Crippen LogP contribution in [0.2, 0.25) is 0 Å². The Morgan fingerprint density at radius 2 is 1.66 bits per heavy atom. The van der Waals surface area contributed by atoms with Crippen LogP contribution in [0.1, 0.15) is 29.5 Å². The standard InChI is InChI=1S/C24H30N2O5S/c1-18-7-10-22(23(15-18)30-2)31-17-24(27)25-11-13-26(14-12-25)32(28,29)21-9-8-19-5-3-4-6-20(19)16-21/h7-10,15-16H,3-6,11-14,17H2,1-2H3. The molecule has 0 saturated carbocycles. The van der Waals surface area contributed by atoms with E-state index in [-0.39, 0.29) is 25.6 Å². The Balaban J connectivity index is 1.35. The molecule has 2 aromatic carbocycles. The third-order valence-electron chi connectivity index (χ3n) is 6.22. The monoisotopic (exact) mass is 458 g/mol. The van der Waals surface area contributed by atoms with Crippen LogP contribution in [0.5, 0.6) is 11.5 Å². The summed E-state index contributed by atoms with van der Waals surface area (Å²) in [5, 5.41) is 0. The molecule has 0 atom stereocenters. The average Bonchev–Trinajstić information content (AvgIpc) is 2.82. The number of aryl methyl sites for hydroxylation is 3. The number of rotatable bonds is 6. The van der Waals surface area contributed by atoms with E-state index in [0.717, 1.165) is 36.8 Å². The molecule has 0 radical (unpaired) electrons. The Labute approximate surface area is 190 Å². The minimum atomic E-state index is -3.57. The molecule has 0 aromatic heterocycles. The van der Waals surface area contributed by atoms with Crippen molar-refractivity contribution in [2.45, 2.75) is 37.5 Å². The quantitative estimate of drug-likeness (QED) is 0.665. The molecule has 1 heterocycles. The summed E-state index contributed by atoms with van der Waals surface area (Å²) in [7, 11) is -2.00. The number of hydrogen-bond donors (Lipinski definition) is 0. The second-order valence-corrected chi connectivity index (χ2v) is 10.3. The Kier molecular flexibility index (Phi) is 6.71. The van der Waals surface area contributed by atoms with Crippen molar-refractivity contribution in [3.05, 3.63) is 53.1 Å². The minimum Gasteiger partial charge on any atom is -0.493 e. The topological polar surface area (TPSA) is 76.2 Å². The molecule has 2 aromatic rings. The first kappa shape index (κ1) is 22.6. The number of fused-ring (bicyclic) bond motifs is 1. The van der Waals surface area contributed by atoms with Crippen LogP contribution in [-0.4, -0.2) is 63.4 Å². The molecule has 0 N–H and O–H groups in total. The van der Waals surface area contributed by atoms with Crippen LogP contribution in [-0.2, 0) is 27.7 Å². The van der Waals surface area contributed by atoms with Gasteiger partial charge in [0.25, 0.3) is 5.91 Å². The SMILES string of the molecule is COc1cc(C)ccc1OCC(=O)N1CCN(S(=O)(=O)c2ccc3c(c2)CCCC3)CC1. The number of carbonyl (C=O) groups excluding carboxylic acids is 1. The van der Waals surface area contributed by atoms with E-state index >= 15 is 0 Å². The van der Waals surface area contributed by atoms with Gasteiger partial charge in [-0.15, -0.1) is 0 Å². The predicted molar refractivity (Wildman–Crippen MR) is 122 cm³/mol. The van der Waals surface area contributed by atoms with E-state index in [4.69, 9.17) is 9.47 Å². The summed E-state index contributed by atoms with van der Waals surface area (Å²) in [4.78, 5) is 14.6. The van der Waals surface area contributed by atoms with Crippen LogP contribution in [0.25, 0.3) is 0 Å². The molecule has 4 rings (SSSR count). The van der Waals surface area contributed by atoms with Crippen molar-refractivity contribution in [1.29, 1.82) is 0 Å². The molecule has 32 heavy (non-hydrogen) atoms. The summed E-state index contributed by atoms with van der Waals surface area (Å²) >= 11 is 0. The van der Waals surface area contributed by atoms with E-state index in [1.807, 2.05) is 31.2 Å². The van der Waals surface area contributed by atoms with E-state index in [9.17, 15) is 13.2 Å². The molecule has 0 spiro atoms. The van der Waals surface area contributed by atoms with E-state index in [2.05, 4.69) is 0 Å². The van der Waals surface area contributed by atoms with Gasteiger partial charge in [0.15, 0.2) is 18.1 Å². The number of sulfonamides is 1. The van der Waals surface area contributed by atoms with E-state index in [1.54, 1.807) is 24.1 Å². The van der Waals surface area contributed by atoms with Crippen molar-refractivity contribution in [1.82, 2.24) is 9.21 Å². The van der Waals surface area contributed by atoms with Crippen molar-refractivity contribution in [2.75, 3.05) is 39.9 Å². The van der Waals surface area contributed by atoms with Crippen molar-refractivity contribution in [3.8, 4) is 11.5 Å². The van der Waals surface area contributed by atoms with Gasteiger partial charge in [-0.25, -0.2) is 8.42 Å². The van der Waals surface area contributed by atoms with Gasteiger partial charge in [0.1, 0.15) is 0 Å². The zero-order valence-corrected chi connectivity index (χ0v) is 19.5. The number of carbonyl (C=O) groups is 1. The van der Waals surface area contributed by atoms with Crippen LogP contribution >= 0.6 is 0 Å². The number of nitrogens with zero attached hydrogens (tertiary/aromatic N) is 2. The number of methoxy groups -OCH3 is 1. The molecule has 7 nitrogen and oxygen atoms in total. The molecule has 2 aliphatic rings. The second kappa shape index (κ2) is 9.50. The minimum absolute atomic E-state index is 0.114. The maximum absolute atomic E-state index is 13.1. The zero-order chi connectivity index (χ0) is 22.7. The molecule has 172 valence electrons. The molecule has 1 saturated heterocycles.